The van der Waals surface area contributed by atoms with Gasteiger partial charge in [-0.05, 0) is 362 Å². The van der Waals surface area contributed by atoms with Gasteiger partial charge >= 0.3 is 29.8 Å². The summed E-state index contributed by atoms with van der Waals surface area (Å²) in [6, 6.07) is 126. The SMILES string of the molecule is CC(I)C(=O)Oc1ccc([S+](c2ccc(Br)cc2)c2ccc(Br)cc2)cc1.CC(I)C(=O)Oc1ccc([S+](c2ccc(Cl)cc2)c2ccc(Cl)cc2)cc1.CC(I)C(=O)Oc1ccc([S+](c2ccc(F)cc2)c2ccc(F)cc2)cc1.O=C(Oc1ccc([S+](c2ccccc2)c2ccccc2)cc1)C1(I)CCCC1.O=C(Oc1ccc([S+](c2ccccc2)c2ccccc2)cc1)C1(I)CCCCC1. The Labute approximate surface area is 915 Å². The number of benzene rings is 15. The van der Waals surface area contributed by atoms with Crippen LogP contribution in [0.25, 0.3) is 0 Å². The van der Waals surface area contributed by atoms with Crippen LogP contribution in [0, 0.1) is 11.6 Å². The molecule has 0 aliphatic heterocycles. The topological polar surface area (TPSA) is 132 Å². The molecule has 15 aromatic carbocycles. The number of carbonyl (C=O) groups is 5. The first-order valence-corrected chi connectivity index (χ1v) is 58.3. The molecule has 0 N–H and O–H groups in total. The fourth-order valence-electron chi connectivity index (χ4n) is 14.4. The van der Waals surface area contributed by atoms with E-state index in [-0.39, 0.29) is 104 Å². The molecule has 0 radical (unpaired) electrons. The van der Waals surface area contributed by atoms with Crippen LogP contribution >= 0.6 is 168 Å². The van der Waals surface area contributed by atoms with Crippen molar-refractivity contribution >= 4 is 252 Å². The van der Waals surface area contributed by atoms with Gasteiger partial charge in [0.2, 0.25) is 0 Å². The maximum atomic E-state index is 13.4. The summed E-state index contributed by atoms with van der Waals surface area (Å²) in [5.74, 6) is 1.22. The van der Waals surface area contributed by atoms with Gasteiger partial charge in [0.15, 0.2) is 73.4 Å². The lowest BCUT2D eigenvalue weighted by Gasteiger charge is -2.29. The number of hydrogen-bond acceptors (Lipinski definition) is 10. The van der Waals surface area contributed by atoms with Crippen molar-refractivity contribution in [2.75, 3.05) is 0 Å². The highest BCUT2D eigenvalue weighted by molar-refractivity contribution is 14.1. The van der Waals surface area contributed by atoms with Crippen LogP contribution in [-0.4, -0.2) is 48.5 Å². The summed E-state index contributed by atoms with van der Waals surface area (Å²) in [5, 5.41) is 1.40. The zero-order valence-electron chi connectivity index (χ0n) is 74.8. The van der Waals surface area contributed by atoms with Gasteiger partial charge in [0, 0.05) is 19.0 Å². The molecule has 10 nitrogen and oxygen atoms in total. The second-order valence-corrected chi connectivity index (χ2v) is 54.0. The molecule has 3 unspecified atom stereocenters. The van der Waals surface area contributed by atoms with Crippen LogP contribution in [0.2, 0.25) is 10.0 Å². The fourth-order valence-corrected chi connectivity index (χ4v) is 27.6. The molecule has 138 heavy (non-hydrogen) atoms. The highest BCUT2D eigenvalue weighted by Crippen LogP contribution is 2.44. The highest BCUT2D eigenvalue weighted by Gasteiger charge is 2.42. The molecule has 0 aromatic heterocycles. The Bertz CT molecular complexity index is 5840. The van der Waals surface area contributed by atoms with E-state index in [1.165, 1.54) is 74.7 Å². The fraction of sp³-hybridized carbons (Fsp3) is 0.152. The van der Waals surface area contributed by atoms with Crippen molar-refractivity contribution in [3.63, 3.8) is 0 Å². The average molecular weight is 2660 g/mol. The van der Waals surface area contributed by atoms with E-state index in [0.717, 1.165) is 89.7 Å². The summed E-state index contributed by atoms with van der Waals surface area (Å²) in [4.78, 5) is 77.9. The molecule has 0 heterocycles. The summed E-state index contributed by atoms with van der Waals surface area (Å²) in [6.45, 7) is 5.38. The molecule has 0 saturated heterocycles. The van der Waals surface area contributed by atoms with Crippen molar-refractivity contribution in [2.24, 2.45) is 0 Å². The maximum Gasteiger partial charge on any atom is 0.327 e. The third-order valence-electron chi connectivity index (χ3n) is 21.3. The Kier molecular flexibility index (Phi) is 41.9. The molecule has 0 spiro atoms. The van der Waals surface area contributed by atoms with Gasteiger partial charge in [0.05, 0.1) is 54.5 Å². The number of alkyl halides is 5. The van der Waals surface area contributed by atoms with Crippen LogP contribution in [0.1, 0.15) is 78.6 Å². The number of rotatable bonds is 25. The van der Waals surface area contributed by atoms with Gasteiger partial charge in [0.25, 0.3) is 0 Å². The van der Waals surface area contributed by atoms with E-state index in [1.807, 2.05) is 210 Å². The van der Waals surface area contributed by atoms with Gasteiger partial charge in [0.1, 0.15) is 59.0 Å². The van der Waals surface area contributed by atoms with Crippen molar-refractivity contribution in [1.29, 1.82) is 0 Å². The molecular formula is C112H94Br2Cl2F2I5O10S5+5. The molecule has 17 rings (SSSR count). The smallest absolute Gasteiger partial charge is 0.327 e. The van der Waals surface area contributed by atoms with Gasteiger partial charge in [-0.15, -0.1) is 0 Å². The third kappa shape index (κ3) is 31.5. The second kappa shape index (κ2) is 53.7. The van der Waals surface area contributed by atoms with E-state index in [9.17, 15) is 32.8 Å². The number of ether oxygens (including phenoxy) is 5. The predicted molar refractivity (Wildman–Crippen MR) is 606 cm³/mol. The van der Waals surface area contributed by atoms with Gasteiger partial charge in [-0.2, -0.15) is 0 Å². The van der Waals surface area contributed by atoms with Gasteiger partial charge in [-0.1, -0.05) is 273 Å². The molecule has 2 aliphatic carbocycles. The standard InChI is InChI=1S/C25H24IO2S.C24H22IO2S.C21H16Br2IO2S.C21H16Cl2IO2S.C21H16F2IO2S/c26-25(18-8-3-9-19-25)24(27)28-20-14-16-23(17-15-20)29(21-10-4-1-5-11-21)22-12-6-2-7-13-22;25-24(17-7-8-18-24)23(26)27-19-13-15-22(16-14-19)28(20-9-3-1-4-10-20)21-11-5-2-6-12-21;3*1-14(24)21(25)26-17-6-12-20(13-7-17)27(18-8-2-15(22)3-9-18)19-10-4-16(23)5-11-19/h1-2,4-7,10-17H,3,8-9,18-19H2;1-6,9-16H,7-8,17-18H2;3*2-14H,1H3/q5*+1. The molecule has 2 saturated carbocycles. The lowest BCUT2D eigenvalue weighted by Crippen LogP contribution is -2.37. The average Bonchev–Trinajstić information content (AvgIpc) is 1.45. The van der Waals surface area contributed by atoms with Crippen molar-refractivity contribution in [3.8, 4) is 28.7 Å². The molecule has 2 aliphatic rings. The first kappa shape index (κ1) is 108. The molecule has 0 bridgehead atoms. The number of halogens is 11. The minimum atomic E-state index is -0.536. The van der Waals surface area contributed by atoms with E-state index in [2.05, 4.69) is 269 Å². The Hall–Kier alpha value is -7.55. The van der Waals surface area contributed by atoms with Gasteiger partial charge < -0.3 is 23.7 Å². The first-order chi connectivity index (χ1) is 66.6. The van der Waals surface area contributed by atoms with Gasteiger partial charge in [-0.3, -0.25) is 24.0 Å². The molecule has 0 amide bonds. The Morgan fingerprint density at radius 2 is 0.428 bits per heavy atom. The molecule has 26 heteroatoms. The summed E-state index contributed by atoms with van der Waals surface area (Å²) < 4.78 is 55.0. The van der Waals surface area contributed by atoms with Crippen LogP contribution in [0.15, 0.2) is 471 Å². The van der Waals surface area contributed by atoms with E-state index in [0.29, 0.717) is 38.8 Å². The lowest BCUT2D eigenvalue weighted by atomic mass is 9.89. The normalized spacial score (nSPS) is 13.5. The Morgan fingerprint density at radius 1 is 0.261 bits per heavy atom. The minimum Gasteiger partial charge on any atom is -0.426 e. The zero-order chi connectivity index (χ0) is 97.7. The summed E-state index contributed by atoms with van der Waals surface area (Å²) >= 11 is 29.8. The second-order valence-electron chi connectivity index (χ2n) is 31.5. The summed E-state index contributed by atoms with van der Waals surface area (Å²) in [6.07, 6.45) is 9.29. The minimum absolute atomic E-state index is 0.101. The number of carbonyl (C=O) groups excluding carboxylic acids is 5. The van der Waals surface area contributed by atoms with E-state index < -0.39 is 10.9 Å². The van der Waals surface area contributed by atoms with Crippen LogP contribution < -0.4 is 23.7 Å². The monoisotopic (exact) mass is 2660 g/mol. The van der Waals surface area contributed by atoms with Crippen molar-refractivity contribution < 1.29 is 56.4 Å². The number of esters is 5. The van der Waals surface area contributed by atoms with Crippen LogP contribution in [0.4, 0.5) is 8.78 Å². The summed E-state index contributed by atoms with van der Waals surface area (Å²) in [5.41, 5.74) is 0. The Balaban J connectivity index is 0.000000146. The lowest BCUT2D eigenvalue weighted by molar-refractivity contribution is -0.137. The zero-order valence-corrected chi connectivity index (χ0v) is 94.4. The molecule has 2 fully saturated rings. The van der Waals surface area contributed by atoms with E-state index in [1.54, 1.807) is 50.2 Å². The molecule has 3 atom stereocenters. The van der Waals surface area contributed by atoms with Crippen molar-refractivity contribution in [2.45, 2.75) is 171 Å². The quantitative estimate of drug-likeness (QED) is 0.0179. The van der Waals surface area contributed by atoms with Gasteiger partial charge in [-0.25, -0.2) is 8.78 Å². The first-order valence-electron chi connectivity index (χ1n) is 44.0. The predicted octanol–water partition coefficient (Wildman–Crippen LogP) is 32.9. The van der Waals surface area contributed by atoms with Crippen LogP contribution in [0.3, 0.4) is 0 Å². The van der Waals surface area contributed by atoms with Crippen molar-refractivity contribution in [1.82, 2.24) is 0 Å². The third-order valence-corrected chi connectivity index (χ3v) is 38.6. The summed E-state index contributed by atoms with van der Waals surface area (Å²) in [7, 11) is -1.48. The largest absolute Gasteiger partial charge is 0.426 e. The molecular weight excluding hydrogens is 2570 g/mol. The molecule has 704 valence electrons. The van der Waals surface area contributed by atoms with E-state index >= 15 is 0 Å². The van der Waals surface area contributed by atoms with Crippen LogP contribution in [0.5, 0.6) is 28.7 Å². The van der Waals surface area contributed by atoms with E-state index in [4.69, 9.17) is 46.9 Å². The number of hydrogen-bond donors (Lipinski definition) is 0. The Morgan fingerprint density at radius 3 is 0.630 bits per heavy atom. The maximum absolute atomic E-state index is 13.4. The highest BCUT2D eigenvalue weighted by atomic mass is 127. The van der Waals surface area contributed by atoms with Crippen molar-refractivity contribution in [3.05, 3.63) is 419 Å². The molecule has 15 aromatic rings. The van der Waals surface area contributed by atoms with Crippen LogP contribution in [-0.2, 0) is 78.4 Å².